The molecule has 4 saturated heterocycles. The predicted molar refractivity (Wildman–Crippen MR) is 381 cm³/mol. The maximum absolute atomic E-state index is 14.8. The summed E-state index contributed by atoms with van der Waals surface area (Å²) in [7, 11) is 0. The summed E-state index contributed by atoms with van der Waals surface area (Å²) >= 11 is 6.26. The van der Waals surface area contributed by atoms with Gasteiger partial charge < -0.3 is 90.9 Å². The molecule has 4 fully saturated rings. The fourth-order valence-corrected chi connectivity index (χ4v) is 13.1. The maximum Gasteiger partial charge on any atom is 0.338 e. The lowest BCUT2D eigenvalue weighted by atomic mass is 9.93. The first kappa shape index (κ1) is 79.2. The maximum atomic E-state index is 14.8. The number of aliphatic hydroxyl groups excluding tert-OH is 1. The second-order valence-corrected chi connectivity index (χ2v) is 26.3. The van der Waals surface area contributed by atoms with Crippen molar-refractivity contribution >= 4 is 47.4 Å². The zero-order valence-electron chi connectivity index (χ0n) is 59.6. The highest BCUT2D eigenvalue weighted by Gasteiger charge is 2.60. The van der Waals surface area contributed by atoms with Crippen molar-refractivity contribution in [3.8, 4) is 0 Å². The third kappa shape index (κ3) is 21.9. The third-order valence-corrected chi connectivity index (χ3v) is 18.3. The largest absolute Gasteiger partial charge is 0.463 e. The Bertz CT molecular complexity index is 3920. The molecule has 4 aliphatic rings. The summed E-state index contributed by atoms with van der Waals surface area (Å²) < 4.78 is 114. The minimum absolute atomic E-state index is 0.0306. The van der Waals surface area contributed by atoms with Gasteiger partial charge in [-0.25, -0.2) is 9.59 Å². The number of benzene rings is 7. The molecular weight excluding hydrogens is 1410 g/mol. The Morgan fingerprint density at radius 1 is 0.383 bits per heavy atom. The molecule has 0 spiro atoms. The van der Waals surface area contributed by atoms with E-state index in [4.69, 9.17) is 92.1 Å². The van der Waals surface area contributed by atoms with Crippen LogP contribution in [0.3, 0.4) is 0 Å². The van der Waals surface area contributed by atoms with E-state index in [0.717, 1.165) is 36.1 Å². The molecule has 0 bridgehead atoms. The molecule has 4 heterocycles. The van der Waals surface area contributed by atoms with Crippen LogP contribution in [0.25, 0.3) is 0 Å². The first-order chi connectivity index (χ1) is 52.0. The number of hydrogen-bond donors (Lipinski definition) is 2. The zero-order chi connectivity index (χ0) is 75.2. The molecule has 25 nitrogen and oxygen atoms in total. The van der Waals surface area contributed by atoms with Gasteiger partial charge in [-0.15, -0.1) is 11.6 Å². The smallest absolute Gasteiger partial charge is 0.338 e. The molecule has 7 aromatic carbocycles. The van der Waals surface area contributed by atoms with Crippen LogP contribution in [0.1, 0.15) is 83.2 Å². The number of nitrogens with one attached hydrogen (secondary N) is 1. The van der Waals surface area contributed by atoms with Crippen molar-refractivity contribution in [1.82, 2.24) is 5.32 Å². The summed E-state index contributed by atoms with van der Waals surface area (Å²) in [6, 6.07) is 60.5. The SMILES string of the molecule is CC(=O)N[C@H]1[C@@H](O[C@@H]2[C@@H](OCc3ccccc3)[C@H](C)OC(O)[C@@H]2OC(=O)c2ccccc2)O[C@H](COC(C)=O)[C@@H](OC(C)=O)[C@@H]1O[C@H]1O[C@H](COCc2ccccc2)[C@@H](OCc2ccccc2)[C@H](OCc2ccccc2)[C@H]1O[C@@H]1O[C@@H](C)[C@H](OCc2ccccc2)[C@@H](OC(=O)CCl)[C@H]1OC(=O)c1ccccc1. The molecule has 20 atom stereocenters. The Kier molecular flexibility index (Phi) is 29.1. The van der Waals surface area contributed by atoms with Gasteiger partial charge in [-0.3, -0.25) is 19.2 Å². The van der Waals surface area contributed by atoms with Crippen LogP contribution >= 0.6 is 11.6 Å². The van der Waals surface area contributed by atoms with Crippen molar-refractivity contribution < 1.29 is 114 Å². The molecule has 11 rings (SSSR count). The number of carbonyl (C=O) groups excluding carboxylic acids is 6. The summed E-state index contributed by atoms with van der Waals surface area (Å²) in [5.41, 5.74) is 3.87. The first-order valence-corrected chi connectivity index (χ1v) is 35.9. The number of hydrogen-bond acceptors (Lipinski definition) is 24. The number of esters is 5. The highest BCUT2D eigenvalue weighted by atomic mass is 35.5. The fourth-order valence-electron chi connectivity index (χ4n) is 13.1. The molecule has 0 aliphatic carbocycles. The molecule has 2 N–H and O–H groups in total. The summed E-state index contributed by atoms with van der Waals surface area (Å²) in [6.45, 7) is 5.62. The van der Waals surface area contributed by atoms with Crippen molar-refractivity contribution in [3.05, 3.63) is 251 Å². The van der Waals surface area contributed by atoms with Gasteiger partial charge in [-0.2, -0.15) is 0 Å². The molecule has 568 valence electrons. The van der Waals surface area contributed by atoms with E-state index in [9.17, 15) is 33.9 Å². The van der Waals surface area contributed by atoms with Crippen molar-refractivity contribution in [1.29, 1.82) is 0 Å². The summed E-state index contributed by atoms with van der Waals surface area (Å²) in [5.74, 6) is -5.75. The van der Waals surface area contributed by atoms with Crippen LogP contribution in [0.4, 0.5) is 0 Å². The van der Waals surface area contributed by atoms with Gasteiger partial charge >= 0.3 is 29.8 Å². The van der Waals surface area contributed by atoms with E-state index >= 15 is 0 Å². The molecule has 0 radical (unpaired) electrons. The quantitative estimate of drug-likeness (QED) is 0.0225. The van der Waals surface area contributed by atoms with Crippen molar-refractivity contribution in [2.75, 3.05) is 19.1 Å². The van der Waals surface area contributed by atoms with Crippen LogP contribution in [0.2, 0.25) is 0 Å². The van der Waals surface area contributed by atoms with Gasteiger partial charge in [0.1, 0.15) is 73.5 Å². The number of halogens is 1. The Morgan fingerprint density at radius 3 is 1.26 bits per heavy atom. The molecule has 1 unspecified atom stereocenters. The topological polar surface area (TPSA) is 292 Å². The average molecular weight is 1500 g/mol. The van der Waals surface area contributed by atoms with E-state index in [1.54, 1.807) is 50.2 Å². The second kappa shape index (κ2) is 39.3. The van der Waals surface area contributed by atoms with Crippen molar-refractivity contribution in [3.63, 3.8) is 0 Å². The lowest BCUT2D eigenvalue weighted by Gasteiger charge is -2.52. The molecule has 4 aliphatic heterocycles. The fraction of sp³-hybridized carbons (Fsp3) is 0.407. The van der Waals surface area contributed by atoms with Crippen molar-refractivity contribution in [2.24, 2.45) is 0 Å². The molecular formula is C81H88ClNO24. The summed E-state index contributed by atoms with van der Waals surface area (Å²) in [4.78, 5) is 84.1. The van der Waals surface area contributed by atoms with Crippen LogP contribution in [-0.4, -0.2) is 183 Å². The highest BCUT2D eigenvalue weighted by Crippen LogP contribution is 2.41. The number of carbonyl (C=O) groups is 6. The predicted octanol–water partition coefficient (Wildman–Crippen LogP) is 9.23. The van der Waals surface area contributed by atoms with Gasteiger partial charge in [-0.1, -0.05) is 188 Å². The van der Waals surface area contributed by atoms with Crippen LogP contribution < -0.4 is 5.32 Å². The number of rotatable bonds is 32. The minimum Gasteiger partial charge on any atom is -0.463 e. The third-order valence-electron chi connectivity index (χ3n) is 18.1. The standard InChI is InChI=1S/C81H88ClNO24/c1-49-65(93-43-55-29-15-7-16-30-55)71(73(78(90)97-49)103-76(88)59-37-23-11-24-38-59)106-79-64(83-51(3)84)69(68(99-53(5)86)62(100-79)48-92-52(4)85)105-81-74(70(96-46-58-35-21-10-22-36-58)67(95-45-57-33-19-9-20-34-57)61(101-81)47-91-42-54-27-13-6-14-28-54)107-80-75(104-77(89)60-39-25-12-26-40-60)72(102-63(87)41-82)66(50(2)98-80)94-44-56-31-17-8-18-32-56/h6-40,49-50,61-62,64-75,78-81,90H,41-48H2,1-5H3,(H,83,84)/t49-,50-,61+,62+,64+,65-,66-,67+,68+,69+,70-,71+,72+,73+,74+,75+,78?,79+,80-,81+/m0/s1. The molecule has 7 aromatic rings. The molecule has 0 saturated carbocycles. The molecule has 107 heavy (non-hydrogen) atoms. The molecule has 26 heteroatoms. The second-order valence-electron chi connectivity index (χ2n) is 26.0. The van der Waals surface area contributed by atoms with Gasteiger partial charge in [-0.05, 0) is 65.9 Å². The lowest BCUT2D eigenvalue weighted by molar-refractivity contribution is -0.392. The number of aliphatic hydroxyl groups is 1. The normalized spacial score (nSPS) is 28.4. The highest BCUT2D eigenvalue weighted by molar-refractivity contribution is 6.26. The lowest BCUT2D eigenvalue weighted by Crippen LogP contribution is -2.71. The number of alkyl halides is 1. The van der Waals surface area contributed by atoms with E-state index < -0.39 is 171 Å². The average Bonchev–Trinajstić information content (AvgIpc) is 0.764. The van der Waals surface area contributed by atoms with Crippen LogP contribution in [0, 0.1) is 0 Å². The van der Waals surface area contributed by atoms with E-state index in [2.05, 4.69) is 5.32 Å². The van der Waals surface area contributed by atoms with E-state index in [0.29, 0.717) is 5.56 Å². The zero-order valence-corrected chi connectivity index (χ0v) is 60.4. The van der Waals surface area contributed by atoms with Gasteiger partial charge in [0.15, 0.2) is 49.6 Å². The number of amides is 1. The van der Waals surface area contributed by atoms with Gasteiger partial charge in [0.25, 0.3) is 0 Å². The molecule has 1 amide bonds. The van der Waals surface area contributed by atoms with E-state index in [-0.39, 0.29) is 50.8 Å². The van der Waals surface area contributed by atoms with Crippen molar-refractivity contribution in [2.45, 2.75) is 190 Å². The Morgan fingerprint density at radius 2 is 0.785 bits per heavy atom. The van der Waals surface area contributed by atoms with Gasteiger partial charge in [0, 0.05) is 20.8 Å². The number of ether oxygens (including phenoxy) is 17. The van der Waals surface area contributed by atoms with E-state index in [1.165, 1.54) is 31.2 Å². The monoisotopic (exact) mass is 1490 g/mol. The van der Waals surface area contributed by atoms with Crippen LogP contribution in [0.15, 0.2) is 212 Å². The van der Waals surface area contributed by atoms with Crippen LogP contribution in [0.5, 0.6) is 0 Å². The summed E-state index contributed by atoms with van der Waals surface area (Å²) in [5, 5.41) is 14.9. The summed E-state index contributed by atoms with van der Waals surface area (Å²) in [6.07, 6.45) is -29.2. The Labute approximate surface area is 625 Å². The minimum atomic E-state index is -1.89. The Hall–Kier alpha value is -8.87. The first-order valence-electron chi connectivity index (χ1n) is 35.3. The van der Waals surface area contributed by atoms with Crippen LogP contribution in [-0.2, 0) is 133 Å². The van der Waals surface area contributed by atoms with E-state index in [1.807, 2.05) is 152 Å². The van der Waals surface area contributed by atoms with Gasteiger partial charge in [0.2, 0.25) is 5.91 Å². The Balaban J connectivity index is 1.08. The van der Waals surface area contributed by atoms with Gasteiger partial charge in [0.05, 0.1) is 63.0 Å². The molecule has 0 aromatic heterocycles.